The minimum atomic E-state index is -0.0814. The highest BCUT2D eigenvalue weighted by atomic mass is 16.3. The Morgan fingerprint density at radius 1 is 1.62 bits per heavy atom. The predicted molar refractivity (Wildman–Crippen MR) is 52.5 cm³/mol. The number of carbonyl (C=O) groups excluding carboxylic acids is 1. The van der Waals surface area contributed by atoms with Gasteiger partial charge in [0.1, 0.15) is 0 Å². The van der Waals surface area contributed by atoms with E-state index in [2.05, 4.69) is 5.32 Å². The number of aliphatic hydroxyl groups excluding tert-OH is 1. The maximum atomic E-state index is 11.4. The third kappa shape index (κ3) is 4.85. The molecule has 0 aliphatic rings. The second kappa shape index (κ2) is 6.86. The lowest BCUT2D eigenvalue weighted by Crippen LogP contribution is -2.37. The number of hydrogen-bond donors (Lipinski definition) is 2. The molecule has 0 aromatic heterocycles. The number of rotatable bonds is 6. The molecule has 13 heavy (non-hydrogen) atoms. The van der Waals surface area contributed by atoms with Gasteiger partial charge in [0.05, 0.1) is 12.6 Å². The summed E-state index contributed by atoms with van der Waals surface area (Å²) in [5, 5.41) is 11.8. The third-order valence-electron chi connectivity index (χ3n) is 2.14. The first-order chi connectivity index (χ1) is 6.13. The van der Waals surface area contributed by atoms with Crippen LogP contribution in [0.2, 0.25) is 0 Å². The molecule has 0 aliphatic carbocycles. The highest BCUT2D eigenvalue weighted by Crippen LogP contribution is 1.99. The zero-order chi connectivity index (χ0) is 10.3. The number of aliphatic hydroxyl groups is 1. The van der Waals surface area contributed by atoms with E-state index in [0.29, 0.717) is 6.42 Å². The van der Waals surface area contributed by atoms with Crippen LogP contribution in [0.1, 0.15) is 19.8 Å². The number of nitrogens with one attached hydrogen (secondary N) is 1. The summed E-state index contributed by atoms with van der Waals surface area (Å²) in [7, 11) is 3.59. The zero-order valence-corrected chi connectivity index (χ0v) is 8.71. The second-order valence-electron chi connectivity index (χ2n) is 3.24. The Morgan fingerprint density at radius 2 is 2.23 bits per heavy atom. The van der Waals surface area contributed by atoms with E-state index in [1.807, 2.05) is 14.0 Å². The molecule has 4 nitrogen and oxygen atoms in total. The fraction of sp³-hybridized carbons (Fsp3) is 0.889. The van der Waals surface area contributed by atoms with Crippen LogP contribution in [0, 0.1) is 0 Å². The van der Waals surface area contributed by atoms with Gasteiger partial charge in [0.25, 0.3) is 0 Å². The Hall–Kier alpha value is -0.610. The largest absolute Gasteiger partial charge is 0.394 e. The molecular weight excluding hydrogens is 168 g/mol. The van der Waals surface area contributed by atoms with Gasteiger partial charge in [0, 0.05) is 13.5 Å². The molecule has 78 valence electrons. The zero-order valence-electron chi connectivity index (χ0n) is 8.71. The number of carbonyl (C=O) groups is 1. The van der Waals surface area contributed by atoms with Crippen molar-refractivity contribution in [1.82, 2.24) is 10.2 Å². The summed E-state index contributed by atoms with van der Waals surface area (Å²) in [5.74, 6) is 0.0943. The van der Waals surface area contributed by atoms with Crippen molar-refractivity contribution >= 4 is 5.91 Å². The van der Waals surface area contributed by atoms with Crippen LogP contribution < -0.4 is 5.32 Å². The van der Waals surface area contributed by atoms with Gasteiger partial charge in [0.2, 0.25) is 5.91 Å². The third-order valence-corrected chi connectivity index (χ3v) is 2.14. The van der Waals surface area contributed by atoms with Crippen molar-refractivity contribution in [2.45, 2.75) is 25.8 Å². The van der Waals surface area contributed by atoms with E-state index in [-0.39, 0.29) is 18.6 Å². The molecule has 0 spiro atoms. The molecule has 0 radical (unpaired) electrons. The molecule has 1 unspecified atom stereocenters. The van der Waals surface area contributed by atoms with Crippen LogP contribution >= 0.6 is 0 Å². The Kier molecular flexibility index (Phi) is 6.54. The van der Waals surface area contributed by atoms with Crippen LogP contribution in [0.3, 0.4) is 0 Å². The van der Waals surface area contributed by atoms with Gasteiger partial charge >= 0.3 is 0 Å². The van der Waals surface area contributed by atoms with Crippen molar-refractivity contribution in [2.75, 3.05) is 27.2 Å². The summed E-state index contributed by atoms with van der Waals surface area (Å²) in [6, 6.07) is -0.0814. The number of hydrogen-bond acceptors (Lipinski definition) is 3. The average molecular weight is 188 g/mol. The standard InChI is InChI=1S/C9H20N2O2/c1-8(7-12)11(3)9(13)5-4-6-10-2/h8,10,12H,4-7H2,1-3H3. The molecule has 4 heteroatoms. The topological polar surface area (TPSA) is 52.6 Å². The quantitative estimate of drug-likeness (QED) is 0.569. The fourth-order valence-electron chi connectivity index (χ4n) is 0.961. The summed E-state index contributed by atoms with van der Waals surface area (Å²) < 4.78 is 0. The van der Waals surface area contributed by atoms with E-state index in [9.17, 15) is 4.79 Å². The van der Waals surface area contributed by atoms with E-state index in [4.69, 9.17) is 5.11 Å². The van der Waals surface area contributed by atoms with Crippen molar-refractivity contribution in [2.24, 2.45) is 0 Å². The smallest absolute Gasteiger partial charge is 0.222 e. The summed E-state index contributed by atoms with van der Waals surface area (Å²) in [4.78, 5) is 13.0. The first kappa shape index (κ1) is 12.4. The molecule has 0 saturated heterocycles. The molecule has 0 heterocycles. The van der Waals surface area contributed by atoms with E-state index in [1.165, 1.54) is 0 Å². The van der Waals surface area contributed by atoms with Gasteiger partial charge in [-0.25, -0.2) is 0 Å². The van der Waals surface area contributed by atoms with Gasteiger partial charge in [-0.05, 0) is 26.9 Å². The Balaban J connectivity index is 3.69. The number of likely N-dealkylation sites (N-methyl/N-ethyl adjacent to an activating group) is 1. The molecule has 1 amide bonds. The van der Waals surface area contributed by atoms with E-state index in [1.54, 1.807) is 11.9 Å². The van der Waals surface area contributed by atoms with Crippen molar-refractivity contribution in [3.05, 3.63) is 0 Å². The summed E-state index contributed by atoms with van der Waals surface area (Å²) in [5.41, 5.74) is 0. The Labute approximate surface area is 79.9 Å². The molecule has 0 aromatic carbocycles. The molecule has 0 aromatic rings. The molecule has 0 saturated carbocycles. The lowest BCUT2D eigenvalue weighted by molar-refractivity contribution is -0.132. The average Bonchev–Trinajstić information content (AvgIpc) is 2.15. The van der Waals surface area contributed by atoms with Crippen LogP contribution in [0.5, 0.6) is 0 Å². The van der Waals surface area contributed by atoms with Crippen LogP contribution in [0.4, 0.5) is 0 Å². The Morgan fingerprint density at radius 3 is 2.69 bits per heavy atom. The minimum absolute atomic E-state index is 0.0221. The molecule has 0 fully saturated rings. The van der Waals surface area contributed by atoms with E-state index in [0.717, 1.165) is 13.0 Å². The molecule has 1 atom stereocenters. The summed E-state index contributed by atoms with van der Waals surface area (Å²) in [6.45, 7) is 2.71. The highest BCUT2D eigenvalue weighted by molar-refractivity contribution is 5.76. The minimum Gasteiger partial charge on any atom is -0.394 e. The Bertz CT molecular complexity index is 151. The van der Waals surface area contributed by atoms with Crippen LogP contribution in [-0.2, 0) is 4.79 Å². The fourth-order valence-corrected chi connectivity index (χ4v) is 0.961. The lowest BCUT2D eigenvalue weighted by atomic mass is 10.2. The van der Waals surface area contributed by atoms with E-state index < -0.39 is 0 Å². The van der Waals surface area contributed by atoms with Gasteiger partial charge in [-0.2, -0.15) is 0 Å². The number of amides is 1. The molecular formula is C9H20N2O2. The normalized spacial score (nSPS) is 12.6. The lowest BCUT2D eigenvalue weighted by Gasteiger charge is -2.23. The van der Waals surface area contributed by atoms with Crippen molar-refractivity contribution < 1.29 is 9.90 Å². The van der Waals surface area contributed by atoms with Gasteiger partial charge in [-0.3, -0.25) is 4.79 Å². The van der Waals surface area contributed by atoms with Gasteiger partial charge in [0.15, 0.2) is 0 Å². The maximum absolute atomic E-state index is 11.4. The second-order valence-corrected chi connectivity index (χ2v) is 3.24. The van der Waals surface area contributed by atoms with Crippen LogP contribution in [-0.4, -0.2) is 49.2 Å². The van der Waals surface area contributed by atoms with Crippen LogP contribution in [0.15, 0.2) is 0 Å². The van der Waals surface area contributed by atoms with Crippen LogP contribution in [0.25, 0.3) is 0 Å². The summed E-state index contributed by atoms with van der Waals surface area (Å²) in [6.07, 6.45) is 1.39. The molecule has 0 bridgehead atoms. The monoisotopic (exact) mass is 188 g/mol. The maximum Gasteiger partial charge on any atom is 0.222 e. The summed E-state index contributed by atoms with van der Waals surface area (Å²) >= 11 is 0. The molecule has 0 rings (SSSR count). The first-order valence-electron chi connectivity index (χ1n) is 4.64. The molecule has 2 N–H and O–H groups in total. The number of nitrogens with zero attached hydrogens (tertiary/aromatic N) is 1. The highest BCUT2D eigenvalue weighted by Gasteiger charge is 2.13. The predicted octanol–water partition coefficient (Wildman–Crippen LogP) is -0.175. The van der Waals surface area contributed by atoms with Crippen molar-refractivity contribution in [3.8, 4) is 0 Å². The van der Waals surface area contributed by atoms with Gasteiger partial charge in [-0.15, -0.1) is 0 Å². The molecule has 0 aliphatic heterocycles. The van der Waals surface area contributed by atoms with E-state index >= 15 is 0 Å². The van der Waals surface area contributed by atoms with Crippen molar-refractivity contribution in [3.63, 3.8) is 0 Å². The first-order valence-corrected chi connectivity index (χ1v) is 4.64. The van der Waals surface area contributed by atoms with Gasteiger partial charge in [-0.1, -0.05) is 0 Å². The van der Waals surface area contributed by atoms with Gasteiger partial charge < -0.3 is 15.3 Å². The SMILES string of the molecule is CNCCCC(=O)N(C)C(C)CO. The van der Waals surface area contributed by atoms with Crippen molar-refractivity contribution in [1.29, 1.82) is 0 Å².